The van der Waals surface area contributed by atoms with E-state index in [0.29, 0.717) is 32.0 Å². The molecule has 4 rings (SSSR count). The standard InChI is InChI=1S/C20H21F3N4O2/c21-20(22,23)15-12-16(28)26-18(25-15)24-14-6-10-27(11-7-14)17(29)19(8-9-19)13-4-2-1-3-5-13/h1-5,12,14H,6-11H2,(H2,24,25,26,28). The minimum absolute atomic E-state index is 0.118. The van der Waals surface area contributed by atoms with Crippen molar-refractivity contribution >= 4 is 11.9 Å². The van der Waals surface area contributed by atoms with Gasteiger partial charge in [0.15, 0.2) is 5.69 Å². The van der Waals surface area contributed by atoms with Crippen LogP contribution in [-0.4, -0.2) is 39.9 Å². The third kappa shape index (κ3) is 3.99. The summed E-state index contributed by atoms with van der Waals surface area (Å²) in [6.07, 6.45) is -1.88. The number of nitrogens with zero attached hydrogens (tertiary/aromatic N) is 2. The summed E-state index contributed by atoms with van der Waals surface area (Å²) in [4.78, 5) is 32.2. The number of nitrogens with one attached hydrogen (secondary N) is 2. The van der Waals surface area contributed by atoms with E-state index in [1.54, 1.807) is 0 Å². The van der Waals surface area contributed by atoms with E-state index in [1.807, 2.05) is 35.2 Å². The van der Waals surface area contributed by atoms with Crippen molar-refractivity contribution in [2.75, 3.05) is 18.4 Å². The van der Waals surface area contributed by atoms with Crippen molar-refractivity contribution < 1.29 is 18.0 Å². The van der Waals surface area contributed by atoms with Crippen molar-refractivity contribution in [1.82, 2.24) is 14.9 Å². The summed E-state index contributed by atoms with van der Waals surface area (Å²) in [5.41, 5.74) is -1.47. The summed E-state index contributed by atoms with van der Waals surface area (Å²) in [5, 5.41) is 2.88. The first kappa shape index (κ1) is 19.5. The number of carbonyl (C=O) groups is 1. The number of carbonyl (C=O) groups excluding carboxylic acids is 1. The number of alkyl halides is 3. The number of hydrogen-bond donors (Lipinski definition) is 2. The first-order chi connectivity index (χ1) is 13.8. The molecule has 1 aliphatic heterocycles. The number of amides is 1. The molecule has 0 unspecified atom stereocenters. The summed E-state index contributed by atoms with van der Waals surface area (Å²) >= 11 is 0. The minimum atomic E-state index is -4.68. The molecule has 1 aromatic heterocycles. The molecule has 2 aliphatic rings. The normalized spacial score (nSPS) is 19.1. The zero-order valence-corrected chi connectivity index (χ0v) is 15.6. The molecule has 0 bridgehead atoms. The molecule has 1 saturated heterocycles. The molecule has 154 valence electrons. The van der Waals surface area contributed by atoms with Crippen molar-refractivity contribution in [2.45, 2.75) is 43.3 Å². The first-order valence-electron chi connectivity index (χ1n) is 9.58. The lowest BCUT2D eigenvalue weighted by molar-refractivity contribution is -0.141. The van der Waals surface area contributed by atoms with E-state index in [1.165, 1.54) is 0 Å². The van der Waals surface area contributed by atoms with Crippen LogP contribution in [0.15, 0.2) is 41.2 Å². The van der Waals surface area contributed by atoms with Crippen LogP contribution in [0.3, 0.4) is 0 Å². The number of rotatable bonds is 4. The number of hydrogen-bond acceptors (Lipinski definition) is 4. The molecule has 9 heteroatoms. The van der Waals surface area contributed by atoms with Gasteiger partial charge in [-0.2, -0.15) is 13.2 Å². The Hall–Kier alpha value is -2.84. The van der Waals surface area contributed by atoms with E-state index in [2.05, 4.69) is 15.3 Å². The molecule has 1 aromatic carbocycles. The third-order valence-electron chi connectivity index (χ3n) is 5.64. The van der Waals surface area contributed by atoms with Crippen molar-refractivity contribution in [1.29, 1.82) is 0 Å². The second kappa shape index (κ2) is 7.20. The molecule has 1 amide bonds. The Labute approximate surface area is 165 Å². The lowest BCUT2D eigenvalue weighted by Gasteiger charge is -2.35. The molecule has 1 saturated carbocycles. The average molecular weight is 406 g/mol. The summed E-state index contributed by atoms with van der Waals surface area (Å²) in [6, 6.07) is 10.0. The van der Waals surface area contributed by atoms with Crippen LogP contribution in [-0.2, 0) is 16.4 Å². The number of aromatic nitrogens is 2. The van der Waals surface area contributed by atoms with E-state index in [-0.39, 0.29) is 17.9 Å². The lowest BCUT2D eigenvalue weighted by atomic mass is 9.93. The molecule has 2 fully saturated rings. The van der Waals surface area contributed by atoms with Crippen molar-refractivity contribution in [2.24, 2.45) is 0 Å². The lowest BCUT2D eigenvalue weighted by Crippen LogP contribution is -2.46. The maximum Gasteiger partial charge on any atom is 0.433 e. The number of halogens is 3. The molecule has 6 nitrogen and oxygen atoms in total. The Balaban J connectivity index is 1.39. The second-order valence-corrected chi connectivity index (χ2v) is 7.64. The highest BCUT2D eigenvalue weighted by atomic mass is 19.4. The number of anilines is 1. The topological polar surface area (TPSA) is 78.1 Å². The second-order valence-electron chi connectivity index (χ2n) is 7.64. The van der Waals surface area contributed by atoms with Gasteiger partial charge in [-0.3, -0.25) is 14.6 Å². The minimum Gasteiger partial charge on any atom is -0.353 e. The monoisotopic (exact) mass is 406 g/mol. The fourth-order valence-corrected chi connectivity index (χ4v) is 3.90. The summed E-state index contributed by atoms with van der Waals surface area (Å²) in [5.74, 6) is -0.0784. The van der Waals surface area contributed by atoms with Gasteiger partial charge in [0.1, 0.15) is 0 Å². The van der Waals surface area contributed by atoms with E-state index in [0.717, 1.165) is 18.4 Å². The van der Waals surface area contributed by atoms with Gasteiger partial charge in [0.25, 0.3) is 5.56 Å². The molecule has 0 radical (unpaired) electrons. The van der Waals surface area contributed by atoms with Crippen LogP contribution in [0, 0.1) is 0 Å². The Morgan fingerprint density at radius 3 is 2.41 bits per heavy atom. The number of aromatic amines is 1. The van der Waals surface area contributed by atoms with Crippen molar-refractivity contribution in [3.8, 4) is 0 Å². The van der Waals surface area contributed by atoms with Crippen molar-refractivity contribution in [3.05, 3.63) is 58.0 Å². The van der Waals surface area contributed by atoms with Gasteiger partial charge in [-0.25, -0.2) is 4.98 Å². The molecule has 2 N–H and O–H groups in total. The van der Waals surface area contributed by atoms with Gasteiger partial charge in [0.05, 0.1) is 5.41 Å². The fraction of sp³-hybridized carbons (Fsp3) is 0.450. The molecule has 1 aliphatic carbocycles. The highest BCUT2D eigenvalue weighted by molar-refractivity contribution is 5.91. The molecule has 2 aromatic rings. The molecule has 0 spiro atoms. The smallest absolute Gasteiger partial charge is 0.353 e. The van der Waals surface area contributed by atoms with Crippen LogP contribution in [0.5, 0.6) is 0 Å². The highest BCUT2D eigenvalue weighted by Gasteiger charge is 2.53. The van der Waals surface area contributed by atoms with Crippen LogP contribution in [0.4, 0.5) is 19.1 Å². The quantitative estimate of drug-likeness (QED) is 0.819. The molecule has 2 heterocycles. The third-order valence-corrected chi connectivity index (χ3v) is 5.64. The van der Waals surface area contributed by atoms with Gasteiger partial charge in [0, 0.05) is 25.2 Å². The predicted octanol–water partition coefficient (Wildman–Crippen LogP) is 2.92. The Morgan fingerprint density at radius 2 is 1.83 bits per heavy atom. The molecular formula is C20H21F3N4O2. The zero-order chi connectivity index (χ0) is 20.6. The number of likely N-dealkylation sites (tertiary alicyclic amines) is 1. The zero-order valence-electron chi connectivity index (χ0n) is 15.6. The number of piperidine rings is 1. The molecular weight excluding hydrogens is 385 g/mol. The van der Waals surface area contributed by atoms with Gasteiger partial charge in [-0.15, -0.1) is 0 Å². The molecule has 29 heavy (non-hydrogen) atoms. The maximum atomic E-state index is 13.1. The van der Waals surface area contributed by atoms with E-state index in [4.69, 9.17) is 0 Å². The highest BCUT2D eigenvalue weighted by Crippen LogP contribution is 2.49. The van der Waals surface area contributed by atoms with Crippen LogP contribution in [0.1, 0.15) is 36.9 Å². The Bertz CT molecular complexity index is 946. The van der Waals surface area contributed by atoms with Gasteiger partial charge < -0.3 is 10.2 Å². The molecule has 0 atom stereocenters. The van der Waals surface area contributed by atoms with Crippen molar-refractivity contribution in [3.63, 3.8) is 0 Å². The van der Waals surface area contributed by atoms with E-state index >= 15 is 0 Å². The fourth-order valence-electron chi connectivity index (χ4n) is 3.90. The predicted molar refractivity (Wildman–Crippen MR) is 100 cm³/mol. The van der Waals surface area contributed by atoms with Gasteiger partial charge >= 0.3 is 6.18 Å². The van der Waals surface area contributed by atoms with Crippen LogP contribution in [0.2, 0.25) is 0 Å². The van der Waals surface area contributed by atoms with E-state index in [9.17, 15) is 22.8 Å². The largest absolute Gasteiger partial charge is 0.433 e. The Morgan fingerprint density at radius 1 is 1.17 bits per heavy atom. The summed E-state index contributed by atoms with van der Waals surface area (Å²) in [7, 11) is 0. The number of benzene rings is 1. The van der Waals surface area contributed by atoms with Crippen LogP contribution < -0.4 is 10.9 Å². The van der Waals surface area contributed by atoms with Gasteiger partial charge in [-0.1, -0.05) is 30.3 Å². The average Bonchev–Trinajstić information content (AvgIpc) is 3.50. The summed E-state index contributed by atoms with van der Waals surface area (Å²) < 4.78 is 38.5. The van der Waals surface area contributed by atoms with Crippen LogP contribution >= 0.6 is 0 Å². The summed E-state index contributed by atoms with van der Waals surface area (Å²) in [6.45, 7) is 1.02. The Kier molecular flexibility index (Phi) is 4.84. The maximum absolute atomic E-state index is 13.1. The van der Waals surface area contributed by atoms with E-state index < -0.39 is 22.8 Å². The van der Waals surface area contributed by atoms with Gasteiger partial charge in [-0.05, 0) is 31.2 Å². The first-order valence-corrected chi connectivity index (χ1v) is 9.58. The van der Waals surface area contributed by atoms with Crippen LogP contribution in [0.25, 0.3) is 0 Å². The SMILES string of the molecule is O=C(N1CCC(Nc2nc(C(F)(F)F)cc(=O)[nH]2)CC1)C1(c2ccccc2)CC1. The van der Waals surface area contributed by atoms with Gasteiger partial charge in [0.2, 0.25) is 11.9 Å². The number of H-pyrrole nitrogens is 1.